The predicted molar refractivity (Wildman–Crippen MR) is 192 cm³/mol. The van der Waals surface area contributed by atoms with Crippen molar-refractivity contribution in [3.8, 4) is 28.4 Å². The van der Waals surface area contributed by atoms with Gasteiger partial charge in [-0.3, -0.25) is 9.36 Å². The second kappa shape index (κ2) is 14.5. The largest absolute Gasteiger partial charge is 0.497 e. The Morgan fingerprint density at radius 1 is 0.959 bits per heavy atom. The number of allylic oxidation sites excluding steroid dienone is 1. The fraction of sp³-hybridized carbons (Fsp3) is 0.282. The first-order chi connectivity index (χ1) is 23.6. The lowest BCUT2D eigenvalue weighted by Gasteiger charge is -2.25. The smallest absolute Gasteiger partial charge is 0.338 e. The van der Waals surface area contributed by atoms with Crippen molar-refractivity contribution in [1.82, 2.24) is 14.3 Å². The van der Waals surface area contributed by atoms with Gasteiger partial charge in [0.25, 0.3) is 5.56 Å². The molecule has 3 heterocycles. The van der Waals surface area contributed by atoms with Crippen LogP contribution >= 0.6 is 11.3 Å². The van der Waals surface area contributed by atoms with Gasteiger partial charge in [0.05, 0.1) is 47.4 Å². The first kappa shape index (κ1) is 33.7. The number of carbonyl (C=O) groups excluding carboxylic acids is 1. The molecule has 10 heteroatoms. The Morgan fingerprint density at radius 2 is 1.65 bits per heavy atom. The van der Waals surface area contributed by atoms with Gasteiger partial charge in [0.1, 0.15) is 17.2 Å². The summed E-state index contributed by atoms with van der Waals surface area (Å²) in [6, 6.07) is 24.3. The van der Waals surface area contributed by atoms with Crippen LogP contribution in [0.25, 0.3) is 23.0 Å². The molecule has 9 nitrogen and oxygen atoms in total. The quantitative estimate of drug-likeness (QED) is 0.149. The van der Waals surface area contributed by atoms with Gasteiger partial charge in [0.15, 0.2) is 4.80 Å². The van der Waals surface area contributed by atoms with E-state index < -0.39 is 12.0 Å². The number of para-hydroxylation sites is 1. The van der Waals surface area contributed by atoms with Crippen LogP contribution in [-0.4, -0.2) is 40.1 Å². The molecule has 0 saturated heterocycles. The highest BCUT2D eigenvalue weighted by Gasteiger charge is 2.34. The van der Waals surface area contributed by atoms with E-state index in [1.165, 1.54) is 11.3 Å². The molecule has 0 N–H and O–H groups in total. The number of hydrogen-bond acceptors (Lipinski definition) is 8. The van der Waals surface area contributed by atoms with E-state index in [2.05, 4.69) is 13.8 Å². The molecule has 3 aromatic carbocycles. The zero-order valence-corrected chi connectivity index (χ0v) is 29.4. The lowest BCUT2D eigenvalue weighted by Crippen LogP contribution is -2.40. The maximum Gasteiger partial charge on any atom is 0.338 e. The summed E-state index contributed by atoms with van der Waals surface area (Å²) in [5.74, 6) is 1.52. The van der Waals surface area contributed by atoms with Crippen LogP contribution in [0.1, 0.15) is 58.2 Å². The molecule has 1 unspecified atom stereocenters. The zero-order valence-electron chi connectivity index (χ0n) is 28.5. The number of methoxy groups -OCH3 is 1. The molecule has 0 bridgehead atoms. The summed E-state index contributed by atoms with van der Waals surface area (Å²) in [6.07, 6.45) is 4.42. The van der Waals surface area contributed by atoms with Gasteiger partial charge >= 0.3 is 5.97 Å². The fourth-order valence-corrected chi connectivity index (χ4v) is 6.69. The van der Waals surface area contributed by atoms with Gasteiger partial charge in [-0.25, -0.2) is 14.5 Å². The van der Waals surface area contributed by atoms with Crippen LogP contribution in [0.4, 0.5) is 0 Å². The van der Waals surface area contributed by atoms with Gasteiger partial charge in [-0.05, 0) is 93.3 Å². The number of thiazole rings is 1. The van der Waals surface area contributed by atoms with E-state index in [-0.39, 0.29) is 11.7 Å². The second-order valence-corrected chi connectivity index (χ2v) is 13.6. The fourth-order valence-electron chi connectivity index (χ4n) is 5.65. The lowest BCUT2D eigenvalue weighted by atomic mass is 9.96. The Morgan fingerprint density at radius 3 is 2.31 bits per heavy atom. The third-order valence-electron chi connectivity index (χ3n) is 8.16. The molecule has 252 valence electrons. The summed E-state index contributed by atoms with van der Waals surface area (Å²) in [5.41, 5.74) is 4.56. The van der Waals surface area contributed by atoms with Crippen molar-refractivity contribution in [1.29, 1.82) is 0 Å². The van der Waals surface area contributed by atoms with E-state index in [1.807, 2.05) is 95.8 Å². The highest BCUT2D eigenvalue weighted by molar-refractivity contribution is 7.07. The van der Waals surface area contributed by atoms with Crippen molar-refractivity contribution in [3.05, 3.63) is 127 Å². The van der Waals surface area contributed by atoms with Crippen molar-refractivity contribution in [2.24, 2.45) is 10.9 Å². The van der Waals surface area contributed by atoms with Gasteiger partial charge in [-0.1, -0.05) is 55.5 Å². The van der Waals surface area contributed by atoms with Crippen molar-refractivity contribution in [3.63, 3.8) is 0 Å². The molecule has 0 radical (unpaired) electrons. The van der Waals surface area contributed by atoms with E-state index in [9.17, 15) is 9.59 Å². The van der Waals surface area contributed by atoms with Gasteiger partial charge in [0, 0.05) is 17.3 Å². The summed E-state index contributed by atoms with van der Waals surface area (Å²) < 4.78 is 20.8. The minimum absolute atomic E-state index is 0.265. The number of benzene rings is 3. The van der Waals surface area contributed by atoms with E-state index in [4.69, 9.17) is 24.3 Å². The Labute approximate surface area is 289 Å². The van der Waals surface area contributed by atoms with Crippen LogP contribution in [0.2, 0.25) is 0 Å². The SMILES string of the molecule is COc1ccc(C2C(C(=O)OC(C)C)=C(C)N=c3s/c(=C\c4cn(-c5ccccc5)nc4-c4ccc(OCCC(C)C)cc4)c(=O)n32)cc1. The molecule has 49 heavy (non-hydrogen) atoms. The summed E-state index contributed by atoms with van der Waals surface area (Å²) in [5, 5.41) is 4.96. The van der Waals surface area contributed by atoms with Gasteiger partial charge in [0.2, 0.25) is 0 Å². The lowest BCUT2D eigenvalue weighted by molar-refractivity contribution is -0.143. The number of fused-ring (bicyclic) bond motifs is 1. The highest BCUT2D eigenvalue weighted by atomic mass is 32.1. The molecule has 1 aliphatic heterocycles. The van der Waals surface area contributed by atoms with E-state index in [1.54, 1.807) is 32.4 Å². The molecular weight excluding hydrogens is 637 g/mol. The Bertz CT molecular complexity index is 2160. The van der Waals surface area contributed by atoms with Crippen molar-refractivity contribution < 1.29 is 19.0 Å². The molecule has 1 aliphatic rings. The van der Waals surface area contributed by atoms with E-state index >= 15 is 0 Å². The van der Waals surface area contributed by atoms with Gasteiger partial charge in [-0.2, -0.15) is 5.10 Å². The maximum atomic E-state index is 14.4. The molecule has 5 aromatic rings. The van der Waals surface area contributed by atoms with Crippen LogP contribution in [0, 0.1) is 5.92 Å². The topological polar surface area (TPSA) is 96.9 Å². The predicted octanol–water partition coefficient (Wildman–Crippen LogP) is 6.47. The van der Waals surface area contributed by atoms with Gasteiger partial charge < -0.3 is 14.2 Å². The van der Waals surface area contributed by atoms with Crippen LogP contribution in [-0.2, 0) is 9.53 Å². The monoisotopic (exact) mass is 676 g/mol. The maximum absolute atomic E-state index is 14.4. The highest BCUT2D eigenvalue weighted by Crippen LogP contribution is 2.32. The molecule has 0 amide bonds. The Kier molecular flexibility index (Phi) is 9.96. The van der Waals surface area contributed by atoms with Crippen LogP contribution in [0.5, 0.6) is 11.5 Å². The van der Waals surface area contributed by atoms with Crippen LogP contribution < -0.4 is 24.4 Å². The third kappa shape index (κ3) is 7.29. The number of hydrogen-bond donors (Lipinski definition) is 0. The molecule has 0 saturated carbocycles. The normalized spacial score (nSPS) is 14.6. The van der Waals surface area contributed by atoms with Crippen molar-refractivity contribution in [2.75, 3.05) is 13.7 Å². The standard InChI is InChI=1S/C39H40N4O5S/c1-24(2)20-21-47-32-18-12-27(13-19-32)35-29(23-42(41-35)30-10-8-7-9-11-30)22-33-37(44)43-36(28-14-16-31(46-6)17-15-28)34(38(45)48-25(3)4)26(5)40-39(43)49-33/h7-19,22-25,36H,20-21H2,1-6H3/b33-22-. The Balaban J connectivity index is 1.47. The summed E-state index contributed by atoms with van der Waals surface area (Å²) >= 11 is 1.28. The molecule has 0 spiro atoms. The summed E-state index contributed by atoms with van der Waals surface area (Å²) in [6.45, 7) is 10.4. The molecule has 6 rings (SSSR count). The number of rotatable bonds is 11. The van der Waals surface area contributed by atoms with Crippen molar-refractivity contribution in [2.45, 2.75) is 53.2 Å². The molecule has 0 fully saturated rings. The molecule has 1 atom stereocenters. The number of ether oxygens (including phenoxy) is 3. The van der Waals surface area contributed by atoms with Crippen LogP contribution in [0.15, 0.2) is 106 Å². The first-order valence-electron chi connectivity index (χ1n) is 16.4. The average Bonchev–Trinajstić information content (AvgIpc) is 3.64. The number of esters is 1. The summed E-state index contributed by atoms with van der Waals surface area (Å²) in [7, 11) is 1.60. The minimum Gasteiger partial charge on any atom is -0.497 e. The minimum atomic E-state index is -0.731. The van der Waals surface area contributed by atoms with Crippen molar-refractivity contribution >= 4 is 23.4 Å². The third-order valence-corrected chi connectivity index (χ3v) is 9.14. The summed E-state index contributed by atoms with van der Waals surface area (Å²) in [4.78, 5) is 33.1. The first-order valence-corrected chi connectivity index (χ1v) is 17.2. The van der Waals surface area contributed by atoms with E-state index in [0.29, 0.717) is 44.6 Å². The molecule has 2 aromatic heterocycles. The molecular formula is C39H40N4O5S. The van der Waals surface area contributed by atoms with Gasteiger partial charge in [-0.15, -0.1) is 0 Å². The Hall–Kier alpha value is -5.22. The molecule has 0 aliphatic carbocycles. The average molecular weight is 677 g/mol. The zero-order chi connectivity index (χ0) is 34.7. The number of nitrogens with zero attached hydrogens (tertiary/aromatic N) is 4. The number of carbonyl (C=O) groups is 1. The van der Waals surface area contributed by atoms with Crippen LogP contribution in [0.3, 0.4) is 0 Å². The number of aromatic nitrogens is 3. The van der Waals surface area contributed by atoms with E-state index in [0.717, 1.165) is 34.5 Å². The second-order valence-electron chi connectivity index (χ2n) is 12.6.